The van der Waals surface area contributed by atoms with Gasteiger partial charge in [0.05, 0.1) is 25.4 Å². The molecule has 1 saturated heterocycles. The number of quaternary nitrogens is 1. The Labute approximate surface area is 172 Å². The van der Waals surface area contributed by atoms with Crippen LogP contribution in [0.15, 0.2) is 24.3 Å². The van der Waals surface area contributed by atoms with Crippen LogP contribution in [0.2, 0.25) is 0 Å². The Hall–Kier alpha value is -2.34. The SMILES string of the molecule is COC(=O)c1[nH]c2ccccc2c1NC(=O)[C@@H](C)[NH+]1C[C@]2(C)C[C@H]1CC(C)(C)C2. The number of amides is 1. The van der Waals surface area contributed by atoms with Gasteiger partial charge in [-0.1, -0.05) is 39.0 Å². The van der Waals surface area contributed by atoms with E-state index >= 15 is 0 Å². The number of carbonyl (C=O) groups excluding carboxylic acids is 2. The molecule has 6 nitrogen and oxygen atoms in total. The van der Waals surface area contributed by atoms with E-state index in [4.69, 9.17) is 4.74 Å². The third kappa shape index (κ3) is 3.54. The molecule has 3 N–H and O–H groups in total. The number of likely N-dealkylation sites (tertiary alicyclic amines) is 1. The number of hydrogen-bond donors (Lipinski definition) is 3. The number of nitrogens with one attached hydrogen (secondary N) is 3. The Bertz CT molecular complexity index is 963. The van der Waals surface area contributed by atoms with E-state index in [1.165, 1.54) is 24.9 Å². The highest BCUT2D eigenvalue weighted by atomic mass is 16.5. The molecule has 1 unspecified atom stereocenters. The van der Waals surface area contributed by atoms with Gasteiger partial charge in [-0.3, -0.25) is 4.79 Å². The molecule has 1 aromatic carbocycles. The van der Waals surface area contributed by atoms with Gasteiger partial charge in [0, 0.05) is 29.2 Å². The van der Waals surface area contributed by atoms with Crippen LogP contribution in [0.1, 0.15) is 57.4 Å². The van der Waals surface area contributed by atoms with Gasteiger partial charge in [-0.05, 0) is 24.8 Å². The van der Waals surface area contributed by atoms with E-state index in [1.807, 2.05) is 31.2 Å². The maximum absolute atomic E-state index is 13.3. The van der Waals surface area contributed by atoms with Crippen molar-refractivity contribution in [3.8, 4) is 0 Å². The lowest BCUT2D eigenvalue weighted by Crippen LogP contribution is -3.18. The second kappa shape index (κ2) is 6.87. The minimum absolute atomic E-state index is 0.0520. The first kappa shape index (κ1) is 20.0. The number of anilines is 1. The summed E-state index contributed by atoms with van der Waals surface area (Å²) >= 11 is 0. The lowest BCUT2D eigenvalue weighted by molar-refractivity contribution is -0.928. The fourth-order valence-corrected chi connectivity index (χ4v) is 6.10. The number of carbonyl (C=O) groups is 2. The maximum atomic E-state index is 13.3. The van der Waals surface area contributed by atoms with Crippen LogP contribution in [0.3, 0.4) is 0 Å². The first-order valence-corrected chi connectivity index (χ1v) is 10.5. The molecule has 1 amide bonds. The highest BCUT2D eigenvalue weighted by Gasteiger charge is 2.54. The normalized spacial score (nSPS) is 28.9. The van der Waals surface area contributed by atoms with Crippen molar-refractivity contribution in [2.75, 3.05) is 19.0 Å². The van der Waals surface area contributed by atoms with Crippen molar-refractivity contribution in [1.29, 1.82) is 0 Å². The summed E-state index contributed by atoms with van der Waals surface area (Å²) < 4.78 is 4.91. The summed E-state index contributed by atoms with van der Waals surface area (Å²) in [6.07, 6.45) is 3.54. The van der Waals surface area contributed by atoms with Gasteiger partial charge in [0.25, 0.3) is 5.91 Å². The minimum atomic E-state index is -0.484. The third-order valence-corrected chi connectivity index (χ3v) is 6.89. The number of para-hydroxylation sites is 1. The summed E-state index contributed by atoms with van der Waals surface area (Å²) in [7, 11) is 1.35. The molecule has 2 bridgehead atoms. The summed E-state index contributed by atoms with van der Waals surface area (Å²) in [6.45, 7) is 10.1. The van der Waals surface area contributed by atoms with Crippen molar-refractivity contribution in [2.24, 2.45) is 10.8 Å². The number of aromatic nitrogens is 1. The summed E-state index contributed by atoms with van der Waals surface area (Å²) in [5.74, 6) is -0.536. The minimum Gasteiger partial charge on any atom is -0.464 e. The molecular formula is C23H32N3O3+. The molecule has 2 aliphatic rings. The molecular weight excluding hydrogens is 366 g/mol. The second-order valence-electron chi connectivity index (χ2n) is 10.1. The van der Waals surface area contributed by atoms with Crippen molar-refractivity contribution in [1.82, 2.24) is 4.98 Å². The molecule has 1 aliphatic carbocycles. The first-order chi connectivity index (χ1) is 13.6. The molecule has 156 valence electrons. The standard InChI is InChI=1S/C23H31N3O3/c1-14(26-13-23(4)11-15(26)10-22(2,3)12-23)20(27)25-18-16-8-6-7-9-17(16)24-19(18)21(28)29-5/h6-9,14-15,24H,10-13H2,1-5H3,(H,25,27)/p+1/t14-,15-,23-/m1/s1. The molecule has 0 spiro atoms. The predicted octanol–water partition coefficient (Wildman–Crippen LogP) is 2.77. The average Bonchev–Trinajstić information content (AvgIpc) is 3.14. The fourth-order valence-electron chi connectivity index (χ4n) is 6.10. The lowest BCUT2D eigenvalue weighted by Gasteiger charge is -2.37. The average molecular weight is 399 g/mol. The Balaban J connectivity index is 1.60. The number of ether oxygens (including phenoxy) is 1. The predicted molar refractivity (Wildman–Crippen MR) is 113 cm³/mol. The molecule has 2 fully saturated rings. The molecule has 0 radical (unpaired) electrons. The highest BCUT2D eigenvalue weighted by Crippen LogP contribution is 2.47. The summed E-state index contributed by atoms with van der Waals surface area (Å²) in [5, 5.41) is 3.86. The van der Waals surface area contributed by atoms with Gasteiger partial charge in [-0.2, -0.15) is 0 Å². The second-order valence-corrected chi connectivity index (χ2v) is 10.1. The van der Waals surface area contributed by atoms with Crippen LogP contribution in [0, 0.1) is 10.8 Å². The topological polar surface area (TPSA) is 75.6 Å². The Morgan fingerprint density at radius 3 is 2.69 bits per heavy atom. The number of H-pyrrole nitrogens is 1. The van der Waals surface area contributed by atoms with E-state index in [9.17, 15) is 9.59 Å². The Morgan fingerprint density at radius 1 is 1.24 bits per heavy atom. The third-order valence-electron chi connectivity index (χ3n) is 6.89. The molecule has 4 atom stereocenters. The van der Waals surface area contributed by atoms with Gasteiger partial charge in [0.2, 0.25) is 0 Å². The molecule has 2 aromatic rings. The molecule has 29 heavy (non-hydrogen) atoms. The zero-order valence-corrected chi connectivity index (χ0v) is 18.0. The molecule has 1 aliphatic heterocycles. The van der Waals surface area contributed by atoms with Gasteiger partial charge in [-0.25, -0.2) is 4.79 Å². The van der Waals surface area contributed by atoms with Crippen LogP contribution >= 0.6 is 0 Å². The fraction of sp³-hybridized carbons (Fsp3) is 0.565. The van der Waals surface area contributed by atoms with Crippen molar-refractivity contribution in [3.63, 3.8) is 0 Å². The number of aromatic amines is 1. The Kier molecular flexibility index (Phi) is 4.73. The van der Waals surface area contributed by atoms with E-state index in [2.05, 4.69) is 31.1 Å². The van der Waals surface area contributed by atoms with Crippen LogP contribution in [0.5, 0.6) is 0 Å². The van der Waals surface area contributed by atoms with E-state index in [1.54, 1.807) is 0 Å². The van der Waals surface area contributed by atoms with Crippen LogP contribution in [-0.2, 0) is 9.53 Å². The van der Waals surface area contributed by atoms with E-state index in [0.717, 1.165) is 23.9 Å². The highest BCUT2D eigenvalue weighted by molar-refractivity contribution is 6.11. The molecule has 6 heteroatoms. The lowest BCUT2D eigenvalue weighted by atomic mass is 9.65. The van der Waals surface area contributed by atoms with E-state index in [-0.39, 0.29) is 17.6 Å². The number of rotatable bonds is 4. The first-order valence-electron chi connectivity index (χ1n) is 10.5. The van der Waals surface area contributed by atoms with Crippen molar-refractivity contribution in [2.45, 2.75) is 59.0 Å². The number of fused-ring (bicyclic) bond motifs is 3. The quantitative estimate of drug-likeness (QED) is 0.693. The van der Waals surface area contributed by atoms with Gasteiger partial charge in [-0.15, -0.1) is 0 Å². The van der Waals surface area contributed by atoms with Crippen LogP contribution in [-0.4, -0.2) is 42.6 Å². The van der Waals surface area contributed by atoms with Gasteiger partial charge < -0.3 is 19.9 Å². The number of hydrogen-bond acceptors (Lipinski definition) is 3. The van der Waals surface area contributed by atoms with Crippen molar-refractivity contribution in [3.05, 3.63) is 30.0 Å². The maximum Gasteiger partial charge on any atom is 0.356 e. The molecule has 1 saturated carbocycles. The van der Waals surface area contributed by atoms with Gasteiger partial charge in [0.1, 0.15) is 5.69 Å². The Morgan fingerprint density at radius 2 is 1.97 bits per heavy atom. The molecule has 2 heterocycles. The number of benzene rings is 1. The summed E-state index contributed by atoms with van der Waals surface area (Å²) in [6, 6.07) is 7.90. The van der Waals surface area contributed by atoms with Gasteiger partial charge in [0.15, 0.2) is 6.04 Å². The summed E-state index contributed by atoms with van der Waals surface area (Å²) in [4.78, 5) is 30.0. The van der Waals surface area contributed by atoms with Crippen molar-refractivity contribution >= 4 is 28.5 Å². The molecule has 1 aromatic heterocycles. The summed E-state index contributed by atoms with van der Waals surface area (Å²) in [5.41, 5.74) is 2.23. The van der Waals surface area contributed by atoms with E-state index in [0.29, 0.717) is 22.6 Å². The zero-order valence-electron chi connectivity index (χ0n) is 18.0. The van der Waals surface area contributed by atoms with Crippen LogP contribution in [0.4, 0.5) is 5.69 Å². The number of esters is 1. The zero-order chi connectivity index (χ0) is 21.0. The van der Waals surface area contributed by atoms with Crippen molar-refractivity contribution < 1.29 is 19.2 Å². The van der Waals surface area contributed by atoms with Crippen LogP contribution in [0.25, 0.3) is 10.9 Å². The smallest absolute Gasteiger partial charge is 0.356 e. The monoisotopic (exact) mass is 398 g/mol. The van der Waals surface area contributed by atoms with Crippen LogP contribution < -0.4 is 10.2 Å². The number of methoxy groups -OCH3 is 1. The largest absolute Gasteiger partial charge is 0.464 e. The molecule has 4 rings (SSSR count). The van der Waals surface area contributed by atoms with Gasteiger partial charge >= 0.3 is 5.97 Å². The van der Waals surface area contributed by atoms with E-state index < -0.39 is 5.97 Å².